The van der Waals surface area contributed by atoms with Crippen LogP contribution in [0.3, 0.4) is 0 Å². The number of rotatable bonds is 4. The van der Waals surface area contributed by atoms with Crippen molar-refractivity contribution in [2.75, 3.05) is 5.32 Å². The van der Waals surface area contributed by atoms with Crippen molar-refractivity contribution in [2.24, 2.45) is 0 Å². The topological polar surface area (TPSA) is 75.6 Å². The Kier molecular flexibility index (Phi) is 4.83. The van der Waals surface area contributed by atoms with E-state index in [4.69, 9.17) is 4.74 Å². The Morgan fingerprint density at radius 3 is 2.60 bits per heavy atom. The second-order valence-electron chi connectivity index (χ2n) is 6.79. The van der Waals surface area contributed by atoms with Crippen LogP contribution < -0.4 is 15.6 Å². The van der Waals surface area contributed by atoms with Crippen molar-refractivity contribution in [2.45, 2.75) is 13.8 Å². The van der Waals surface area contributed by atoms with Crippen LogP contribution in [0.1, 0.15) is 12.5 Å². The highest BCUT2D eigenvalue weighted by Gasteiger charge is 2.17. The summed E-state index contributed by atoms with van der Waals surface area (Å²) in [5.74, 6) is -1.70. The highest BCUT2D eigenvalue weighted by Crippen LogP contribution is 2.37. The number of anilines is 1. The molecule has 30 heavy (non-hydrogen) atoms. The number of aromatic amines is 1. The van der Waals surface area contributed by atoms with E-state index in [1.807, 2.05) is 0 Å². The first kappa shape index (κ1) is 19.4. The fraction of sp³-hybridized carbons (Fsp3) is 0.0909. The number of carbonyl (C=O) groups excluding carboxylic acids is 1. The molecule has 0 aliphatic heterocycles. The van der Waals surface area contributed by atoms with Crippen LogP contribution in [-0.2, 0) is 4.79 Å². The molecule has 0 aliphatic rings. The van der Waals surface area contributed by atoms with Gasteiger partial charge < -0.3 is 19.4 Å². The van der Waals surface area contributed by atoms with E-state index in [0.717, 1.165) is 17.7 Å². The third-order valence-electron chi connectivity index (χ3n) is 4.57. The highest BCUT2D eigenvalue weighted by molar-refractivity contribution is 5.90. The third-order valence-corrected chi connectivity index (χ3v) is 4.57. The molecule has 0 atom stereocenters. The molecule has 2 aromatic carbocycles. The van der Waals surface area contributed by atoms with Crippen molar-refractivity contribution in [1.29, 1.82) is 0 Å². The monoisotopic (exact) mass is 409 g/mol. The zero-order chi connectivity index (χ0) is 21.4. The average Bonchev–Trinajstić information content (AvgIpc) is 3.02. The molecule has 8 heteroatoms. The van der Waals surface area contributed by atoms with Crippen molar-refractivity contribution in [3.05, 3.63) is 82.4 Å². The van der Waals surface area contributed by atoms with Crippen LogP contribution in [0.25, 0.3) is 16.8 Å². The van der Waals surface area contributed by atoms with Gasteiger partial charge in [0.2, 0.25) is 5.91 Å². The van der Waals surface area contributed by atoms with Gasteiger partial charge in [0.25, 0.3) is 5.56 Å². The SMILES string of the molecule is CC(=O)Nc1ccc(Oc2ccc(F)cc2F)c(-c2cc(C)c3c(=O)[nH]ccn23)c1. The molecule has 152 valence electrons. The van der Waals surface area contributed by atoms with Gasteiger partial charge in [0.1, 0.15) is 17.1 Å². The van der Waals surface area contributed by atoms with Crippen molar-refractivity contribution < 1.29 is 18.3 Å². The Balaban J connectivity index is 1.91. The molecule has 0 saturated heterocycles. The number of fused-ring (bicyclic) bond motifs is 1. The van der Waals surface area contributed by atoms with E-state index in [1.54, 1.807) is 41.8 Å². The minimum absolute atomic E-state index is 0.152. The van der Waals surface area contributed by atoms with Crippen LogP contribution in [-0.4, -0.2) is 15.3 Å². The first-order valence-corrected chi connectivity index (χ1v) is 9.08. The zero-order valence-electron chi connectivity index (χ0n) is 16.1. The quantitative estimate of drug-likeness (QED) is 0.516. The van der Waals surface area contributed by atoms with Crippen LogP contribution in [0, 0.1) is 18.6 Å². The smallest absolute Gasteiger partial charge is 0.272 e. The van der Waals surface area contributed by atoms with Crippen LogP contribution in [0.15, 0.2) is 59.7 Å². The fourth-order valence-corrected chi connectivity index (χ4v) is 3.34. The number of halogens is 2. The van der Waals surface area contributed by atoms with E-state index in [-0.39, 0.29) is 23.0 Å². The second kappa shape index (κ2) is 7.47. The summed E-state index contributed by atoms with van der Waals surface area (Å²) in [5.41, 5.74) is 2.55. The molecule has 2 aromatic heterocycles. The minimum atomic E-state index is -0.848. The van der Waals surface area contributed by atoms with Crippen molar-refractivity contribution in [3.8, 4) is 22.8 Å². The van der Waals surface area contributed by atoms with Gasteiger partial charge in [-0.2, -0.15) is 0 Å². The van der Waals surface area contributed by atoms with Crippen molar-refractivity contribution >= 4 is 17.1 Å². The molecule has 0 spiro atoms. The van der Waals surface area contributed by atoms with E-state index in [0.29, 0.717) is 22.5 Å². The number of aryl methyl sites for hydroxylation is 1. The van der Waals surface area contributed by atoms with E-state index in [1.165, 1.54) is 19.2 Å². The fourth-order valence-electron chi connectivity index (χ4n) is 3.34. The summed E-state index contributed by atoms with van der Waals surface area (Å²) >= 11 is 0. The van der Waals surface area contributed by atoms with Gasteiger partial charge in [-0.1, -0.05) is 0 Å². The molecular formula is C22H17F2N3O3. The molecule has 2 heterocycles. The average molecular weight is 409 g/mol. The second-order valence-corrected chi connectivity index (χ2v) is 6.79. The summed E-state index contributed by atoms with van der Waals surface area (Å²) in [6.45, 7) is 3.18. The molecule has 0 bridgehead atoms. The first-order chi connectivity index (χ1) is 14.3. The lowest BCUT2D eigenvalue weighted by Gasteiger charge is -2.14. The molecule has 4 aromatic rings. The predicted octanol–water partition coefficient (Wildman–Crippen LogP) is 4.63. The molecule has 4 rings (SSSR count). The Morgan fingerprint density at radius 1 is 1.10 bits per heavy atom. The molecule has 0 aliphatic carbocycles. The normalized spacial score (nSPS) is 10.9. The van der Waals surface area contributed by atoms with E-state index in [2.05, 4.69) is 10.3 Å². The number of hydrogen-bond donors (Lipinski definition) is 2. The van der Waals surface area contributed by atoms with Gasteiger partial charge in [0.05, 0.1) is 5.69 Å². The maximum absolute atomic E-state index is 14.2. The molecule has 1 amide bonds. The summed E-state index contributed by atoms with van der Waals surface area (Å²) in [6, 6.07) is 9.67. The molecule has 2 N–H and O–H groups in total. The summed E-state index contributed by atoms with van der Waals surface area (Å²) in [6.07, 6.45) is 3.20. The van der Waals surface area contributed by atoms with Crippen LogP contribution in [0.4, 0.5) is 14.5 Å². The zero-order valence-corrected chi connectivity index (χ0v) is 16.1. The number of aromatic nitrogens is 2. The lowest BCUT2D eigenvalue weighted by atomic mass is 10.1. The molecule has 0 unspecified atom stereocenters. The van der Waals surface area contributed by atoms with Crippen LogP contribution in [0.5, 0.6) is 11.5 Å². The lowest BCUT2D eigenvalue weighted by molar-refractivity contribution is -0.114. The number of hydrogen-bond acceptors (Lipinski definition) is 3. The molecular weight excluding hydrogens is 392 g/mol. The van der Waals surface area contributed by atoms with Crippen LogP contribution >= 0.6 is 0 Å². The van der Waals surface area contributed by atoms with Gasteiger partial charge in [-0.25, -0.2) is 8.78 Å². The lowest BCUT2D eigenvalue weighted by Crippen LogP contribution is -2.09. The number of amides is 1. The summed E-state index contributed by atoms with van der Waals surface area (Å²) in [4.78, 5) is 26.4. The van der Waals surface area contributed by atoms with Crippen molar-refractivity contribution in [1.82, 2.24) is 9.38 Å². The third kappa shape index (κ3) is 3.55. The van der Waals surface area contributed by atoms with Gasteiger partial charge in [0, 0.05) is 36.6 Å². The minimum Gasteiger partial charge on any atom is -0.454 e. The first-order valence-electron chi connectivity index (χ1n) is 9.08. The summed E-state index contributed by atoms with van der Waals surface area (Å²) < 4.78 is 34.8. The van der Waals surface area contributed by atoms with E-state index < -0.39 is 11.6 Å². The Hall–Kier alpha value is -3.94. The summed E-state index contributed by atoms with van der Waals surface area (Å²) in [7, 11) is 0. The van der Waals surface area contributed by atoms with Gasteiger partial charge in [-0.05, 0) is 48.9 Å². The van der Waals surface area contributed by atoms with Gasteiger partial charge >= 0.3 is 0 Å². The highest BCUT2D eigenvalue weighted by atomic mass is 19.1. The molecule has 0 radical (unpaired) electrons. The Bertz CT molecular complexity index is 1340. The van der Waals surface area contributed by atoms with Gasteiger partial charge in [0.15, 0.2) is 11.6 Å². The Labute approximate surface area is 169 Å². The predicted molar refractivity (Wildman–Crippen MR) is 109 cm³/mol. The number of carbonyl (C=O) groups is 1. The maximum Gasteiger partial charge on any atom is 0.272 e. The number of nitrogens with zero attached hydrogens (tertiary/aromatic N) is 1. The van der Waals surface area contributed by atoms with Crippen LogP contribution in [0.2, 0.25) is 0 Å². The Morgan fingerprint density at radius 2 is 1.87 bits per heavy atom. The van der Waals surface area contributed by atoms with Gasteiger partial charge in [-0.3, -0.25) is 9.59 Å². The maximum atomic E-state index is 14.2. The molecule has 0 fully saturated rings. The molecule has 6 nitrogen and oxygen atoms in total. The molecule has 0 saturated carbocycles. The van der Waals surface area contributed by atoms with E-state index in [9.17, 15) is 18.4 Å². The summed E-state index contributed by atoms with van der Waals surface area (Å²) in [5, 5.41) is 2.70. The van der Waals surface area contributed by atoms with E-state index >= 15 is 0 Å². The number of ether oxygens (including phenoxy) is 1. The largest absolute Gasteiger partial charge is 0.454 e. The van der Waals surface area contributed by atoms with Crippen molar-refractivity contribution in [3.63, 3.8) is 0 Å². The van der Waals surface area contributed by atoms with Gasteiger partial charge in [-0.15, -0.1) is 0 Å². The number of H-pyrrole nitrogens is 1. The number of nitrogens with one attached hydrogen (secondary N) is 2. The number of benzene rings is 2. The standard InChI is InChI=1S/C22H17F2N3O3/c1-12-9-18(27-8-7-25-22(29)21(12)27)16-11-15(26-13(2)28)4-6-19(16)30-20-5-3-14(23)10-17(20)24/h3-11H,1-2H3,(H,25,29)(H,26,28).